The first-order valence-corrected chi connectivity index (χ1v) is 7.45. The molecule has 0 spiro atoms. The molecule has 3 rings (SSSR count). The lowest BCUT2D eigenvalue weighted by Crippen LogP contribution is -2.32. The molecular weight excluding hydrogens is 256 g/mol. The van der Waals surface area contributed by atoms with Crippen molar-refractivity contribution < 1.29 is 9.90 Å². The third kappa shape index (κ3) is 2.80. The summed E-state index contributed by atoms with van der Waals surface area (Å²) in [5, 5.41) is 19.3. The summed E-state index contributed by atoms with van der Waals surface area (Å²) >= 11 is 0. The number of aromatic amines is 1. The molecule has 6 nitrogen and oxygen atoms in total. The van der Waals surface area contributed by atoms with Crippen molar-refractivity contribution in [2.24, 2.45) is 5.92 Å². The molecule has 110 valence electrons. The van der Waals surface area contributed by atoms with Gasteiger partial charge < -0.3 is 16.2 Å². The number of carbonyl (C=O) groups is 1. The Morgan fingerprint density at radius 3 is 2.65 bits per heavy atom. The van der Waals surface area contributed by atoms with Gasteiger partial charge in [0.05, 0.1) is 17.5 Å². The number of aliphatic hydroxyl groups is 1. The van der Waals surface area contributed by atoms with Crippen LogP contribution in [0.15, 0.2) is 0 Å². The molecule has 2 fully saturated rings. The van der Waals surface area contributed by atoms with Crippen LogP contribution in [0.25, 0.3) is 0 Å². The van der Waals surface area contributed by atoms with Gasteiger partial charge in [0, 0.05) is 12.5 Å². The van der Waals surface area contributed by atoms with Crippen molar-refractivity contribution in [2.75, 3.05) is 12.3 Å². The van der Waals surface area contributed by atoms with E-state index >= 15 is 0 Å². The first kappa shape index (κ1) is 13.4. The molecule has 2 aliphatic rings. The van der Waals surface area contributed by atoms with E-state index in [1.165, 1.54) is 0 Å². The minimum atomic E-state index is -0.197. The predicted octanol–water partition coefficient (Wildman–Crippen LogP) is 1.15. The van der Waals surface area contributed by atoms with Crippen LogP contribution in [-0.4, -0.2) is 33.9 Å². The number of nitrogens with two attached hydrogens (primary N) is 1. The highest BCUT2D eigenvalue weighted by molar-refractivity contribution is 5.97. The first-order valence-electron chi connectivity index (χ1n) is 7.45. The summed E-state index contributed by atoms with van der Waals surface area (Å²) in [4.78, 5) is 12.1. The molecule has 20 heavy (non-hydrogen) atoms. The van der Waals surface area contributed by atoms with E-state index in [0.29, 0.717) is 29.8 Å². The van der Waals surface area contributed by atoms with E-state index in [2.05, 4.69) is 15.5 Å². The Balaban J connectivity index is 1.54. The van der Waals surface area contributed by atoms with Crippen molar-refractivity contribution in [2.45, 2.75) is 50.5 Å². The molecular formula is C14H22N4O2. The largest absolute Gasteiger partial charge is 0.395 e. The summed E-state index contributed by atoms with van der Waals surface area (Å²) in [6.45, 7) is 0.636. The second-order valence-corrected chi connectivity index (χ2v) is 6.06. The Hall–Kier alpha value is -1.56. The van der Waals surface area contributed by atoms with E-state index in [4.69, 9.17) is 5.73 Å². The molecule has 0 aliphatic heterocycles. The smallest absolute Gasteiger partial charge is 0.273 e. The number of hydrogen-bond acceptors (Lipinski definition) is 4. The summed E-state index contributed by atoms with van der Waals surface area (Å²) < 4.78 is 0. The summed E-state index contributed by atoms with van der Waals surface area (Å²) in [5.74, 6) is 0.714. The standard InChI is InChI=1S/C14H22N4O2/c15-11-12(9-3-4-9)17-18-13(11)14(20)16-7-8-1-5-10(19)6-2-8/h8-10,19H,1-7,15H2,(H,16,20)(H,17,18). The first-order chi connectivity index (χ1) is 9.65. The summed E-state index contributed by atoms with van der Waals surface area (Å²) in [6.07, 6.45) is 5.67. The zero-order valence-corrected chi connectivity index (χ0v) is 11.6. The fraction of sp³-hybridized carbons (Fsp3) is 0.714. The van der Waals surface area contributed by atoms with Crippen LogP contribution in [0.5, 0.6) is 0 Å². The number of amides is 1. The van der Waals surface area contributed by atoms with Crippen LogP contribution in [0.1, 0.15) is 60.6 Å². The Kier molecular flexibility index (Phi) is 3.65. The number of hydrogen-bond donors (Lipinski definition) is 4. The number of aromatic nitrogens is 2. The molecule has 6 heteroatoms. The molecule has 0 aromatic carbocycles. The van der Waals surface area contributed by atoms with Gasteiger partial charge in [0.1, 0.15) is 0 Å². The highest BCUT2D eigenvalue weighted by Crippen LogP contribution is 2.42. The van der Waals surface area contributed by atoms with Crippen molar-refractivity contribution in [3.63, 3.8) is 0 Å². The second-order valence-electron chi connectivity index (χ2n) is 6.06. The maximum absolute atomic E-state index is 12.1. The lowest BCUT2D eigenvalue weighted by Gasteiger charge is -2.25. The summed E-state index contributed by atoms with van der Waals surface area (Å²) in [6, 6.07) is 0. The molecule has 1 amide bonds. The van der Waals surface area contributed by atoms with Crippen molar-refractivity contribution in [3.05, 3.63) is 11.4 Å². The van der Waals surface area contributed by atoms with Gasteiger partial charge in [-0.3, -0.25) is 9.89 Å². The Morgan fingerprint density at radius 2 is 2.00 bits per heavy atom. The van der Waals surface area contributed by atoms with Crippen molar-refractivity contribution in [1.29, 1.82) is 0 Å². The number of H-pyrrole nitrogens is 1. The molecule has 2 saturated carbocycles. The minimum absolute atomic E-state index is 0.162. The van der Waals surface area contributed by atoms with Gasteiger partial charge in [0.2, 0.25) is 0 Å². The topological polar surface area (TPSA) is 104 Å². The normalized spacial score (nSPS) is 26.4. The van der Waals surface area contributed by atoms with Gasteiger partial charge in [-0.15, -0.1) is 0 Å². The molecule has 0 bridgehead atoms. The molecule has 1 aromatic heterocycles. The average molecular weight is 278 g/mol. The van der Waals surface area contributed by atoms with Crippen LogP contribution in [-0.2, 0) is 0 Å². The van der Waals surface area contributed by atoms with Gasteiger partial charge in [-0.1, -0.05) is 0 Å². The van der Waals surface area contributed by atoms with Gasteiger partial charge in [0.25, 0.3) is 5.91 Å². The van der Waals surface area contributed by atoms with Gasteiger partial charge in [-0.05, 0) is 44.4 Å². The highest BCUT2D eigenvalue weighted by atomic mass is 16.3. The SMILES string of the molecule is Nc1c(C(=O)NCC2CCC(O)CC2)n[nH]c1C1CC1. The van der Waals surface area contributed by atoms with E-state index in [0.717, 1.165) is 44.2 Å². The molecule has 0 atom stereocenters. The van der Waals surface area contributed by atoms with Gasteiger partial charge in [-0.2, -0.15) is 5.10 Å². The predicted molar refractivity (Wildman–Crippen MR) is 75.3 cm³/mol. The number of nitrogens with one attached hydrogen (secondary N) is 2. The monoisotopic (exact) mass is 278 g/mol. The highest BCUT2D eigenvalue weighted by Gasteiger charge is 2.30. The van der Waals surface area contributed by atoms with Gasteiger partial charge >= 0.3 is 0 Å². The van der Waals surface area contributed by atoms with E-state index in [9.17, 15) is 9.90 Å². The molecule has 0 saturated heterocycles. The summed E-state index contributed by atoms with van der Waals surface area (Å²) in [7, 11) is 0. The maximum Gasteiger partial charge on any atom is 0.273 e. The van der Waals surface area contributed by atoms with Crippen molar-refractivity contribution in [3.8, 4) is 0 Å². The fourth-order valence-corrected chi connectivity index (χ4v) is 2.89. The van der Waals surface area contributed by atoms with Gasteiger partial charge in [0.15, 0.2) is 5.69 Å². The number of rotatable bonds is 4. The van der Waals surface area contributed by atoms with Crippen LogP contribution >= 0.6 is 0 Å². The fourth-order valence-electron chi connectivity index (χ4n) is 2.89. The van der Waals surface area contributed by atoms with Crippen molar-refractivity contribution in [1.82, 2.24) is 15.5 Å². The third-order valence-electron chi connectivity index (χ3n) is 4.40. The quantitative estimate of drug-likeness (QED) is 0.663. The van der Waals surface area contributed by atoms with E-state index in [1.54, 1.807) is 0 Å². The third-order valence-corrected chi connectivity index (χ3v) is 4.40. The zero-order valence-electron chi connectivity index (χ0n) is 11.6. The van der Waals surface area contributed by atoms with Crippen LogP contribution in [0.3, 0.4) is 0 Å². The Bertz CT molecular complexity index is 487. The van der Waals surface area contributed by atoms with E-state index in [1.807, 2.05) is 0 Å². The zero-order chi connectivity index (χ0) is 14.1. The average Bonchev–Trinajstić information content (AvgIpc) is 3.21. The Labute approximate surface area is 118 Å². The minimum Gasteiger partial charge on any atom is -0.395 e. The maximum atomic E-state index is 12.1. The van der Waals surface area contributed by atoms with Crippen molar-refractivity contribution >= 4 is 11.6 Å². The number of aliphatic hydroxyl groups excluding tert-OH is 1. The van der Waals surface area contributed by atoms with Crippen LogP contribution in [0.2, 0.25) is 0 Å². The number of carbonyl (C=O) groups excluding carboxylic acids is 1. The van der Waals surface area contributed by atoms with E-state index in [-0.39, 0.29) is 12.0 Å². The molecule has 0 unspecified atom stereocenters. The molecule has 1 heterocycles. The molecule has 5 N–H and O–H groups in total. The number of nitrogen functional groups attached to an aromatic ring is 1. The lowest BCUT2D eigenvalue weighted by molar-refractivity contribution is 0.0906. The molecule has 1 aromatic rings. The number of nitrogens with zero attached hydrogens (tertiary/aromatic N) is 1. The summed E-state index contributed by atoms with van der Waals surface area (Å²) in [5.41, 5.74) is 7.72. The second kappa shape index (κ2) is 5.44. The van der Waals surface area contributed by atoms with Crippen LogP contribution in [0, 0.1) is 5.92 Å². The van der Waals surface area contributed by atoms with Gasteiger partial charge in [-0.25, -0.2) is 0 Å². The molecule has 2 aliphatic carbocycles. The van der Waals surface area contributed by atoms with Crippen LogP contribution in [0.4, 0.5) is 5.69 Å². The van der Waals surface area contributed by atoms with Crippen LogP contribution < -0.4 is 11.1 Å². The lowest BCUT2D eigenvalue weighted by atomic mass is 9.87. The number of anilines is 1. The van der Waals surface area contributed by atoms with E-state index < -0.39 is 0 Å². The molecule has 0 radical (unpaired) electrons. The Morgan fingerprint density at radius 1 is 1.30 bits per heavy atom.